The molecule has 1 aromatic heterocycles. The van der Waals surface area contributed by atoms with Gasteiger partial charge in [0, 0.05) is 41.6 Å². The van der Waals surface area contributed by atoms with Crippen molar-refractivity contribution < 1.29 is 14.3 Å². The zero-order valence-electron chi connectivity index (χ0n) is 24.1. The largest absolute Gasteiger partial charge is 0.367 e. The summed E-state index contributed by atoms with van der Waals surface area (Å²) in [6.07, 6.45) is 7.66. The number of nitrogens with zero attached hydrogens (tertiary/aromatic N) is 2. The van der Waals surface area contributed by atoms with Crippen LogP contribution in [0.25, 0.3) is 0 Å². The lowest BCUT2D eigenvalue weighted by molar-refractivity contribution is -0.175. The van der Waals surface area contributed by atoms with Crippen molar-refractivity contribution in [1.29, 1.82) is 0 Å². The number of ether oxygens (including phenoxy) is 1. The van der Waals surface area contributed by atoms with Crippen molar-refractivity contribution in [3.05, 3.63) is 87.4 Å². The molecule has 0 spiro atoms. The van der Waals surface area contributed by atoms with Crippen molar-refractivity contribution >= 4 is 35.0 Å². The van der Waals surface area contributed by atoms with E-state index in [0.717, 1.165) is 48.1 Å². The molecule has 2 atom stereocenters. The van der Waals surface area contributed by atoms with E-state index < -0.39 is 11.6 Å². The Kier molecular flexibility index (Phi) is 10.9. The molecule has 9 heteroatoms. The minimum absolute atomic E-state index is 0.0363. The number of nitrogens with one attached hydrogen (secondary N) is 2. The SMILES string of the molecule is CCCCOC1(c2ccccc2C)CN(C(=O)C(Cc2ccc(Cl)cc2Cl)NC(=O)CC(CCC)c2c[nH]cn2)C1. The fraction of sp³-hybridized carbons (Fsp3) is 0.469. The molecule has 3 aromatic rings. The van der Waals surface area contributed by atoms with E-state index in [1.807, 2.05) is 24.4 Å². The van der Waals surface area contributed by atoms with E-state index in [2.05, 4.69) is 48.2 Å². The van der Waals surface area contributed by atoms with Gasteiger partial charge in [0.05, 0.1) is 25.1 Å². The monoisotopic (exact) mass is 598 g/mol. The van der Waals surface area contributed by atoms with Gasteiger partial charge in [0.15, 0.2) is 0 Å². The van der Waals surface area contributed by atoms with E-state index in [1.165, 1.54) is 0 Å². The number of H-pyrrole nitrogens is 1. The summed E-state index contributed by atoms with van der Waals surface area (Å²) in [6.45, 7) is 7.76. The molecule has 0 saturated carbocycles. The molecule has 2 N–H and O–H groups in total. The van der Waals surface area contributed by atoms with Crippen molar-refractivity contribution in [3.63, 3.8) is 0 Å². The zero-order chi connectivity index (χ0) is 29.4. The summed E-state index contributed by atoms with van der Waals surface area (Å²) >= 11 is 12.6. The topological polar surface area (TPSA) is 87.3 Å². The fourth-order valence-corrected chi connectivity index (χ4v) is 6.05. The van der Waals surface area contributed by atoms with E-state index >= 15 is 0 Å². The number of aromatic amines is 1. The van der Waals surface area contributed by atoms with Crippen LogP contribution in [0.2, 0.25) is 10.0 Å². The first-order valence-corrected chi connectivity index (χ1v) is 15.2. The smallest absolute Gasteiger partial charge is 0.245 e. The van der Waals surface area contributed by atoms with Crippen molar-refractivity contribution in [2.45, 2.75) is 76.9 Å². The third-order valence-corrected chi connectivity index (χ3v) is 8.38. The summed E-state index contributed by atoms with van der Waals surface area (Å²) in [7, 11) is 0. The van der Waals surface area contributed by atoms with Crippen LogP contribution in [0.5, 0.6) is 0 Å². The summed E-state index contributed by atoms with van der Waals surface area (Å²) in [4.78, 5) is 36.5. The molecular weight excluding hydrogens is 559 g/mol. The maximum atomic E-state index is 14.0. The Labute approximate surface area is 253 Å². The highest BCUT2D eigenvalue weighted by Gasteiger charge is 2.49. The molecule has 2 unspecified atom stereocenters. The standard InChI is InChI=1S/C32H40Cl2N4O3/c1-4-6-14-41-32(26-11-8-7-10-22(26)3)19-38(20-32)31(40)28(15-23-12-13-25(33)17-27(23)34)37-30(39)16-24(9-5-2)29-18-35-21-36-29/h7-8,10-13,17-18,21,24,28H,4-6,9,14-16,19-20H2,1-3H3,(H,35,36)(H,37,39). The fourth-order valence-electron chi connectivity index (χ4n) is 5.56. The van der Waals surface area contributed by atoms with E-state index in [9.17, 15) is 9.59 Å². The lowest BCUT2D eigenvalue weighted by Gasteiger charge is -2.51. The van der Waals surface area contributed by atoms with Crippen LogP contribution in [0.1, 0.15) is 74.3 Å². The molecule has 1 saturated heterocycles. The first kappa shape index (κ1) is 31.1. The van der Waals surface area contributed by atoms with Gasteiger partial charge in [-0.2, -0.15) is 0 Å². The molecule has 2 heterocycles. The Morgan fingerprint density at radius 3 is 2.59 bits per heavy atom. The number of imidazole rings is 1. The van der Waals surface area contributed by atoms with E-state index in [4.69, 9.17) is 27.9 Å². The Hall–Kier alpha value is -2.87. The molecular formula is C32H40Cl2N4O3. The number of amides is 2. The van der Waals surface area contributed by atoms with Crippen LogP contribution in [0.3, 0.4) is 0 Å². The summed E-state index contributed by atoms with van der Waals surface area (Å²) < 4.78 is 6.46. The quantitative estimate of drug-likeness (QED) is 0.205. The number of unbranched alkanes of at least 4 members (excludes halogenated alkanes) is 1. The molecule has 1 fully saturated rings. The van der Waals surface area contributed by atoms with Crippen LogP contribution >= 0.6 is 23.2 Å². The van der Waals surface area contributed by atoms with Crippen LogP contribution < -0.4 is 5.32 Å². The summed E-state index contributed by atoms with van der Waals surface area (Å²) in [5, 5.41) is 4.02. The molecule has 41 heavy (non-hydrogen) atoms. The molecule has 0 bridgehead atoms. The highest BCUT2D eigenvalue weighted by atomic mass is 35.5. The van der Waals surface area contributed by atoms with Gasteiger partial charge in [-0.25, -0.2) is 4.98 Å². The minimum atomic E-state index is -0.784. The Morgan fingerprint density at radius 2 is 1.93 bits per heavy atom. The molecule has 7 nitrogen and oxygen atoms in total. The molecule has 1 aliphatic rings. The Morgan fingerprint density at radius 1 is 1.15 bits per heavy atom. The van der Waals surface area contributed by atoms with Crippen LogP contribution in [0.4, 0.5) is 0 Å². The van der Waals surface area contributed by atoms with Gasteiger partial charge in [-0.05, 0) is 48.6 Å². The molecule has 0 aliphatic carbocycles. The van der Waals surface area contributed by atoms with E-state index in [-0.39, 0.29) is 30.6 Å². The summed E-state index contributed by atoms with van der Waals surface area (Å²) in [6, 6.07) is 12.6. The first-order chi connectivity index (χ1) is 19.8. The molecule has 4 rings (SSSR count). The van der Waals surface area contributed by atoms with Crippen LogP contribution in [0.15, 0.2) is 55.0 Å². The van der Waals surface area contributed by atoms with E-state index in [0.29, 0.717) is 29.7 Å². The predicted octanol–water partition coefficient (Wildman–Crippen LogP) is 6.58. The number of aryl methyl sites for hydroxylation is 1. The highest BCUT2D eigenvalue weighted by molar-refractivity contribution is 6.35. The number of aromatic nitrogens is 2. The second-order valence-corrected chi connectivity index (χ2v) is 11.8. The number of rotatable bonds is 14. The Balaban J connectivity index is 1.54. The van der Waals surface area contributed by atoms with Gasteiger partial charge >= 0.3 is 0 Å². The van der Waals surface area contributed by atoms with Gasteiger partial charge in [0.2, 0.25) is 11.8 Å². The average molecular weight is 600 g/mol. The predicted molar refractivity (Wildman–Crippen MR) is 163 cm³/mol. The first-order valence-electron chi connectivity index (χ1n) is 14.5. The third-order valence-electron chi connectivity index (χ3n) is 7.80. The van der Waals surface area contributed by atoms with Crippen molar-refractivity contribution in [3.8, 4) is 0 Å². The van der Waals surface area contributed by atoms with Gasteiger partial charge in [-0.3, -0.25) is 9.59 Å². The summed E-state index contributed by atoms with van der Waals surface area (Å²) in [5.74, 6) is -0.384. The number of likely N-dealkylation sites (tertiary alicyclic amines) is 1. The van der Waals surface area contributed by atoms with Crippen LogP contribution in [-0.2, 0) is 26.3 Å². The zero-order valence-corrected chi connectivity index (χ0v) is 25.6. The lowest BCUT2D eigenvalue weighted by Crippen LogP contribution is -2.66. The Bertz CT molecular complexity index is 1310. The van der Waals surface area contributed by atoms with Crippen molar-refractivity contribution in [2.75, 3.05) is 19.7 Å². The van der Waals surface area contributed by atoms with Gasteiger partial charge in [0.1, 0.15) is 11.6 Å². The normalized spacial score (nSPS) is 15.7. The second-order valence-electron chi connectivity index (χ2n) is 10.9. The molecule has 2 aromatic carbocycles. The molecule has 0 radical (unpaired) electrons. The van der Waals surface area contributed by atoms with Gasteiger partial charge in [-0.15, -0.1) is 0 Å². The van der Waals surface area contributed by atoms with Crippen LogP contribution in [-0.4, -0.2) is 52.4 Å². The maximum absolute atomic E-state index is 14.0. The second kappa shape index (κ2) is 14.3. The minimum Gasteiger partial charge on any atom is -0.367 e. The molecule has 220 valence electrons. The number of carbonyl (C=O) groups is 2. The van der Waals surface area contributed by atoms with Crippen molar-refractivity contribution in [1.82, 2.24) is 20.2 Å². The molecule has 1 aliphatic heterocycles. The number of benzene rings is 2. The summed E-state index contributed by atoms with van der Waals surface area (Å²) in [5.41, 5.74) is 3.27. The number of carbonyl (C=O) groups excluding carboxylic acids is 2. The van der Waals surface area contributed by atoms with E-state index in [1.54, 1.807) is 23.4 Å². The van der Waals surface area contributed by atoms with Gasteiger partial charge < -0.3 is 19.9 Å². The molecule has 2 amide bonds. The van der Waals surface area contributed by atoms with Crippen LogP contribution in [0, 0.1) is 6.92 Å². The average Bonchev–Trinajstić information content (AvgIpc) is 3.46. The number of hydrogen-bond donors (Lipinski definition) is 2. The highest BCUT2D eigenvalue weighted by Crippen LogP contribution is 2.38. The third kappa shape index (κ3) is 7.70. The van der Waals surface area contributed by atoms with Gasteiger partial charge in [0.25, 0.3) is 0 Å². The van der Waals surface area contributed by atoms with Crippen molar-refractivity contribution in [2.24, 2.45) is 0 Å². The number of hydrogen-bond acceptors (Lipinski definition) is 4. The van der Waals surface area contributed by atoms with Gasteiger partial charge in [-0.1, -0.05) is 80.2 Å². The number of halogens is 2. The maximum Gasteiger partial charge on any atom is 0.245 e. The lowest BCUT2D eigenvalue weighted by atomic mass is 9.82.